The van der Waals surface area contributed by atoms with Crippen molar-refractivity contribution in [3.63, 3.8) is 0 Å². The summed E-state index contributed by atoms with van der Waals surface area (Å²) >= 11 is 0. The molecule has 5 nitrogen and oxygen atoms in total. The standard InChI is InChI=1S/C48H35N5/c1-51(2)41-28-18-35(19-29-41)10-8-33-12-22-38(23-13-33)45-43-6-5-7-44-50-47(40-26-16-37(32-49)17-27-40)48(53(43)44)46(45)39-24-14-34(15-25-39)9-11-36-20-30-42(31-21-36)52(3)4/h5-7,12-31H,1-4H3. The summed E-state index contributed by atoms with van der Waals surface area (Å²) in [6.45, 7) is 0. The second-order valence-electron chi connectivity index (χ2n) is 13.4. The molecule has 8 rings (SSSR count). The van der Waals surface area contributed by atoms with Gasteiger partial charge in [-0.05, 0) is 108 Å². The van der Waals surface area contributed by atoms with Crippen molar-refractivity contribution in [2.24, 2.45) is 0 Å². The molecule has 0 radical (unpaired) electrons. The summed E-state index contributed by atoms with van der Waals surface area (Å²) in [7, 11) is 8.14. The van der Waals surface area contributed by atoms with Gasteiger partial charge in [-0.2, -0.15) is 5.26 Å². The maximum absolute atomic E-state index is 9.47. The fourth-order valence-electron chi connectivity index (χ4n) is 6.66. The van der Waals surface area contributed by atoms with Crippen molar-refractivity contribution in [2.45, 2.75) is 0 Å². The zero-order valence-corrected chi connectivity index (χ0v) is 30.0. The molecule has 0 fully saturated rings. The van der Waals surface area contributed by atoms with Crippen molar-refractivity contribution >= 4 is 28.1 Å². The van der Waals surface area contributed by atoms with Crippen LogP contribution in [0.15, 0.2) is 140 Å². The predicted molar refractivity (Wildman–Crippen MR) is 218 cm³/mol. The van der Waals surface area contributed by atoms with Gasteiger partial charge in [0.15, 0.2) is 0 Å². The van der Waals surface area contributed by atoms with E-state index >= 15 is 0 Å². The van der Waals surface area contributed by atoms with Gasteiger partial charge >= 0.3 is 0 Å². The number of rotatable bonds is 5. The molecule has 3 aromatic heterocycles. The largest absolute Gasteiger partial charge is 0.378 e. The van der Waals surface area contributed by atoms with Gasteiger partial charge in [0.05, 0.1) is 28.4 Å². The highest BCUT2D eigenvalue weighted by Crippen LogP contribution is 2.45. The third-order valence-electron chi connectivity index (χ3n) is 9.49. The Morgan fingerprint density at radius 2 is 0.887 bits per heavy atom. The highest BCUT2D eigenvalue weighted by Gasteiger charge is 2.25. The van der Waals surface area contributed by atoms with E-state index in [-0.39, 0.29) is 0 Å². The molecule has 0 aliphatic heterocycles. The van der Waals surface area contributed by atoms with Crippen LogP contribution < -0.4 is 9.80 Å². The summed E-state index contributed by atoms with van der Waals surface area (Å²) in [5, 5.41) is 9.47. The Labute approximate surface area is 310 Å². The maximum Gasteiger partial charge on any atom is 0.138 e. The number of hydrogen-bond acceptors (Lipinski definition) is 4. The number of anilines is 2. The summed E-state index contributed by atoms with van der Waals surface area (Å²) in [5.74, 6) is 13.3. The topological polar surface area (TPSA) is 47.6 Å². The first-order chi connectivity index (χ1) is 25.9. The molecular weight excluding hydrogens is 647 g/mol. The van der Waals surface area contributed by atoms with E-state index in [1.807, 2.05) is 58.5 Å². The zero-order valence-electron chi connectivity index (χ0n) is 30.0. The molecule has 53 heavy (non-hydrogen) atoms. The average Bonchev–Trinajstić information content (AvgIpc) is 3.76. The normalized spacial score (nSPS) is 10.7. The molecule has 5 aromatic carbocycles. The predicted octanol–water partition coefficient (Wildman–Crippen LogP) is 9.73. The number of benzene rings is 5. The second kappa shape index (κ2) is 13.8. The van der Waals surface area contributed by atoms with Gasteiger partial charge in [0.2, 0.25) is 0 Å². The molecular formula is C48H35N5. The van der Waals surface area contributed by atoms with Crippen molar-refractivity contribution in [1.29, 1.82) is 5.26 Å². The molecule has 0 amide bonds. The van der Waals surface area contributed by atoms with E-state index in [0.717, 1.165) is 83.8 Å². The monoisotopic (exact) mass is 681 g/mol. The molecule has 0 spiro atoms. The number of nitrogens with zero attached hydrogens (tertiary/aromatic N) is 5. The van der Waals surface area contributed by atoms with Crippen LogP contribution in [0.1, 0.15) is 27.8 Å². The third-order valence-corrected chi connectivity index (χ3v) is 9.49. The number of imidazole rings is 1. The van der Waals surface area contributed by atoms with Crippen LogP contribution in [0.5, 0.6) is 0 Å². The molecule has 0 unspecified atom stereocenters. The molecule has 0 N–H and O–H groups in total. The number of aromatic nitrogens is 2. The van der Waals surface area contributed by atoms with E-state index < -0.39 is 0 Å². The average molecular weight is 682 g/mol. The Morgan fingerprint density at radius 1 is 0.472 bits per heavy atom. The summed E-state index contributed by atoms with van der Waals surface area (Å²) in [5.41, 5.74) is 15.9. The SMILES string of the molecule is CN(C)c1ccc(C#Cc2ccc(-c3c(-c4ccc(C#Cc5ccc(N(C)C)cc5)cc4)c4c(-c5ccc(C#N)cc5)nc5cccc3n54)cc2)cc1. The highest BCUT2D eigenvalue weighted by molar-refractivity contribution is 6.09. The first-order valence-electron chi connectivity index (χ1n) is 17.4. The van der Waals surface area contributed by atoms with Crippen LogP contribution in [0.2, 0.25) is 0 Å². The van der Waals surface area contributed by atoms with E-state index in [9.17, 15) is 5.26 Å². The molecule has 3 heterocycles. The van der Waals surface area contributed by atoms with Crippen LogP contribution in [-0.4, -0.2) is 37.6 Å². The maximum atomic E-state index is 9.47. The lowest BCUT2D eigenvalue weighted by Gasteiger charge is -2.11. The summed E-state index contributed by atoms with van der Waals surface area (Å²) in [4.78, 5) is 9.29. The minimum Gasteiger partial charge on any atom is -0.378 e. The van der Waals surface area contributed by atoms with E-state index in [0.29, 0.717) is 5.56 Å². The summed E-state index contributed by atoms with van der Waals surface area (Å²) in [6, 6.07) is 49.8. The Kier molecular flexibility index (Phi) is 8.57. The lowest BCUT2D eigenvalue weighted by Crippen LogP contribution is -2.07. The molecule has 8 aromatic rings. The molecule has 0 aliphatic carbocycles. The van der Waals surface area contributed by atoms with Crippen LogP contribution >= 0.6 is 0 Å². The molecule has 5 heteroatoms. The van der Waals surface area contributed by atoms with Gasteiger partial charge < -0.3 is 9.80 Å². The van der Waals surface area contributed by atoms with Gasteiger partial charge in [0.25, 0.3) is 0 Å². The van der Waals surface area contributed by atoms with Gasteiger partial charge in [-0.15, -0.1) is 0 Å². The minimum absolute atomic E-state index is 0.616. The zero-order chi connectivity index (χ0) is 36.5. The summed E-state index contributed by atoms with van der Waals surface area (Å²) < 4.78 is 2.26. The Morgan fingerprint density at radius 3 is 1.34 bits per heavy atom. The Balaban J connectivity index is 1.23. The molecule has 0 bridgehead atoms. The van der Waals surface area contributed by atoms with Gasteiger partial charge in [-0.25, -0.2) is 4.98 Å². The number of nitriles is 1. The minimum atomic E-state index is 0.616. The Bertz CT molecular complexity index is 2740. The van der Waals surface area contributed by atoms with Gasteiger partial charge in [0.1, 0.15) is 5.65 Å². The van der Waals surface area contributed by atoms with E-state index in [1.165, 1.54) is 0 Å². The van der Waals surface area contributed by atoms with E-state index in [2.05, 4.69) is 153 Å². The quantitative estimate of drug-likeness (QED) is 0.170. The van der Waals surface area contributed by atoms with Gasteiger partial charge in [-0.3, -0.25) is 4.40 Å². The fraction of sp³-hybridized carbons (Fsp3) is 0.0833. The molecule has 252 valence electrons. The van der Waals surface area contributed by atoms with Crippen molar-refractivity contribution < 1.29 is 0 Å². The van der Waals surface area contributed by atoms with Gasteiger partial charge in [0, 0.05) is 78.5 Å². The van der Waals surface area contributed by atoms with Crippen LogP contribution in [0, 0.1) is 35.0 Å². The fourth-order valence-corrected chi connectivity index (χ4v) is 6.66. The molecule has 0 saturated heterocycles. The molecule has 0 aliphatic rings. The van der Waals surface area contributed by atoms with Crippen LogP contribution in [-0.2, 0) is 0 Å². The first kappa shape index (κ1) is 32.9. The highest BCUT2D eigenvalue weighted by atomic mass is 15.1. The smallest absolute Gasteiger partial charge is 0.138 e. The second-order valence-corrected chi connectivity index (χ2v) is 13.4. The first-order valence-corrected chi connectivity index (χ1v) is 17.4. The van der Waals surface area contributed by atoms with Gasteiger partial charge in [-0.1, -0.05) is 66.1 Å². The van der Waals surface area contributed by atoms with Crippen LogP contribution in [0.25, 0.3) is 50.2 Å². The van der Waals surface area contributed by atoms with Crippen LogP contribution in [0.3, 0.4) is 0 Å². The lowest BCUT2D eigenvalue weighted by atomic mass is 9.93. The molecule has 0 atom stereocenters. The summed E-state index contributed by atoms with van der Waals surface area (Å²) in [6.07, 6.45) is 0. The molecule has 0 saturated carbocycles. The third kappa shape index (κ3) is 6.43. The van der Waals surface area contributed by atoms with Crippen molar-refractivity contribution in [1.82, 2.24) is 9.38 Å². The van der Waals surface area contributed by atoms with Crippen molar-refractivity contribution in [3.05, 3.63) is 167 Å². The van der Waals surface area contributed by atoms with E-state index in [1.54, 1.807) is 0 Å². The number of pyridine rings is 1. The lowest BCUT2D eigenvalue weighted by molar-refractivity contribution is 1.13. The van der Waals surface area contributed by atoms with E-state index in [4.69, 9.17) is 4.98 Å². The van der Waals surface area contributed by atoms with Crippen LogP contribution in [0.4, 0.5) is 11.4 Å². The Hall–Kier alpha value is -7.26. The van der Waals surface area contributed by atoms with Crippen molar-refractivity contribution in [2.75, 3.05) is 38.0 Å². The van der Waals surface area contributed by atoms with Crippen molar-refractivity contribution in [3.8, 4) is 63.3 Å². The number of hydrogen-bond donors (Lipinski definition) is 0.